The number of pyridine rings is 1. The molecule has 33 heavy (non-hydrogen) atoms. The van der Waals surface area contributed by atoms with Crippen LogP contribution in [-0.4, -0.2) is 23.8 Å². The van der Waals surface area contributed by atoms with Crippen molar-refractivity contribution in [1.82, 2.24) is 4.98 Å². The van der Waals surface area contributed by atoms with Crippen LogP contribution in [0.1, 0.15) is 20.8 Å². The summed E-state index contributed by atoms with van der Waals surface area (Å²) >= 11 is 13.4. The second kappa shape index (κ2) is 10.2. The lowest BCUT2D eigenvalue weighted by atomic mass is 10.0. The van der Waals surface area contributed by atoms with Crippen molar-refractivity contribution in [3.8, 4) is 16.2 Å². The van der Waals surface area contributed by atoms with Gasteiger partial charge in [0.05, 0.1) is 35.9 Å². The molecular formula is C25H18Cl2N2O3S. The lowest BCUT2D eigenvalue weighted by Crippen LogP contribution is -2.14. The lowest BCUT2D eigenvalue weighted by molar-refractivity contribution is -0.115. The number of ketones is 1. The van der Waals surface area contributed by atoms with Crippen LogP contribution in [0.3, 0.4) is 0 Å². The molecule has 4 aromatic rings. The van der Waals surface area contributed by atoms with E-state index in [0.717, 1.165) is 16.0 Å². The number of ether oxygens (including phenoxy) is 1. The van der Waals surface area contributed by atoms with E-state index in [2.05, 4.69) is 10.3 Å². The summed E-state index contributed by atoms with van der Waals surface area (Å²) in [7, 11) is 1.49. The monoisotopic (exact) mass is 496 g/mol. The highest BCUT2D eigenvalue weighted by Crippen LogP contribution is 2.36. The van der Waals surface area contributed by atoms with Crippen LogP contribution >= 0.6 is 34.5 Å². The molecule has 0 aliphatic carbocycles. The van der Waals surface area contributed by atoms with Crippen molar-refractivity contribution in [1.29, 1.82) is 0 Å². The minimum Gasteiger partial charge on any atom is -0.496 e. The number of aromatic nitrogens is 1. The van der Waals surface area contributed by atoms with E-state index in [1.165, 1.54) is 18.4 Å². The molecule has 2 aromatic heterocycles. The first-order valence-electron chi connectivity index (χ1n) is 9.91. The molecule has 0 saturated heterocycles. The predicted octanol–water partition coefficient (Wildman–Crippen LogP) is 6.54. The molecule has 2 aromatic carbocycles. The molecule has 0 atom stereocenters. The molecule has 8 heteroatoms. The highest BCUT2D eigenvalue weighted by molar-refractivity contribution is 7.17. The summed E-state index contributed by atoms with van der Waals surface area (Å²) in [5, 5.41) is 3.92. The first-order valence-corrected chi connectivity index (χ1v) is 11.5. The van der Waals surface area contributed by atoms with E-state index in [1.807, 2.05) is 12.1 Å². The maximum Gasteiger partial charge on any atom is 0.228 e. The van der Waals surface area contributed by atoms with Gasteiger partial charge >= 0.3 is 0 Å². The van der Waals surface area contributed by atoms with Gasteiger partial charge in [-0.05, 0) is 59.7 Å². The van der Waals surface area contributed by atoms with Crippen molar-refractivity contribution >= 4 is 51.9 Å². The summed E-state index contributed by atoms with van der Waals surface area (Å²) in [6.45, 7) is 0. The standard InChI is InChI=1S/C25H18Cl2N2O3S/c1-32-21-13-18(27)8-9-20(21)24(31)22-11-16(12-23(30)29-19-3-2-10-28-14-19)25(33-22)15-4-6-17(26)7-5-15/h2-11,13-14H,12H2,1H3,(H,29,30). The summed E-state index contributed by atoms with van der Waals surface area (Å²) in [6.07, 6.45) is 3.30. The second-order valence-corrected chi connectivity index (χ2v) is 9.04. The summed E-state index contributed by atoms with van der Waals surface area (Å²) in [5.41, 5.74) is 2.61. The van der Waals surface area contributed by atoms with Crippen LogP contribution in [0.4, 0.5) is 5.69 Å². The zero-order valence-electron chi connectivity index (χ0n) is 17.5. The Hall–Kier alpha value is -3.19. The van der Waals surface area contributed by atoms with E-state index >= 15 is 0 Å². The maximum atomic E-state index is 13.3. The van der Waals surface area contributed by atoms with Crippen LogP contribution in [0.2, 0.25) is 10.0 Å². The zero-order chi connectivity index (χ0) is 23.4. The number of halogens is 2. The topological polar surface area (TPSA) is 68.3 Å². The third kappa shape index (κ3) is 5.42. The molecule has 166 valence electrons. The zero-order valence-corrected chi connectivity index (χ0v) is 19.8. The summed E-state index contributed by atoms with van der Waals surface area (Å²) in [5.74, 6) is -0.0217. The molecule has 0 spiro atoms. The largest absolute Gasteiger partial charge is 0.496 e. The highest BCUT2D eigenvalue weighted by atomic mass is 35.5. The van der Waals surface area contributed by atoms with Crippen molar-refractivity contribution in [2.45, 2.75) is 6.42 Å². The Balaban J connectivity index is 1.70. The number of nitrogens with zero attached hydrogens (tertiary/aromatic N) is 1. The smallest absolute Gasteiger partial charge is 0.228 e. The van der Waals surface area contributed by atoms with Gasteiger partial charge in [0, 0.05) is 21.1 Å². The van der Waals surface area contributed by atoms with E-state index in [-0.39, 0.29) is 18.1 Å². The third-order valence-electron chi connectivity index (χ3n) is 4.84. The average molecular weight is 497 g/mol. The van der Waals surface area contributed by atoms with Crippen molar-refractivity contribution in [2.24, 2.45) is 0 Å². The second-order valence-electron chi connectivity index (χ2n) is 7.11. The van der Waals surface area contributed by atoms with Crippen molar-refractivity contribution < 1.29 is 14.3 Å². The van der Waals surface area contributed by atoms with Crippen LogP contribution in [-0.2, 0) is 11.2 Å². The number of thiophene rings is 1. The Bertz CT molecular complexity index is 1310. The molecule has 0 aliphatic rings. The molecule has 0 bridgehead atoms. The average Bonchev–Trinajstić information content (AvgIpc) is 3.23. The van der Waals surface area contributed by atoms with Crippen molar-refractivity contribution in [2.75, 3.05) is 12.4 Å². The van der Waals surface area contributed by atoms with Gasteiger partial charge in [0.15, 0.2) is 0 Å². The SMILES string of the molecule is COc1cc(Cl)ccc1C(=O)c1cc(CC(=O)Nc2cccnc2)c(-c2ccc(Cl)cc2)s1. The lowest BCUT2D eigenvalue weighted by Gasteiger charge is -2.06. The van der Waals surface area contributed by atoms with Crippen molar-refractivity contribution in [3.05, 3.63) is 99.1 Å². The molecule has 2 heterocycles. The van der Waals surface area contributed by atoms with Gasteiger partial charge in [-0.15, -0.1) is 11.3 Å². The number of carbonyl (C=O) groups is 2. The molecule has 0 fully saturated rings. The molecular weight excluding hydrogens is 479 g/mol. The van der Waals surface area contributed by atoms with Crippen LogP contribution in [0.15, 0.2) is 73.1 Å². The van der Waals surface area contributed by atoms with Gasteiger partial charge in [-0.3, -0.25) is 14.6 Å². The molecule has 1 N–H and O–H groups in total. The van der Waals surface area contributed by atoms with Crippen LogP contribution in [0, 0.1) is 0 Å². The quantitative estimate of drug-likeness (QED) is 0.295. The fourth-order valence-electron chi connectivity index (χ4n) is 3.32. The normalized spacial score (nSPS) is 10.6. The van der Waals surface area contributed by atoms with Gasteiger partial charge in [0.25, 0.3) is 0 Å². The number of rotatable bonds is 7. The van der Waals surface area contributed by atoms with E-state index in [0.29, 0.717) is 31.9 Å². The van der Waals surface area contributed by atoms with E-state index in [4.69, 9.17) is 27.9 Å². The molecule has 0 unspecified atom stereocenters. The number of amides is 1. The first-order chi connectivity index (χ1) is 15.9. The van der Waals surface area contributed by atoms with Gasteiger partial charge < -0.3 is 10.1 Å². The van der Waals surface area contributed by atoms with Gasteiger partial charge in [0.1, 0.15) is 5.75 Å². The van der Waals surface area contributed by atoms with E-state index in [1.54, 1.807) is 60.9 Å². The predicted molar refractivity (Wildman–Crippen MR) is 133 cm³/mol. The summed E-state index contributed by atoms with van der Waals surface area (Å²) < 4.78 is 5.35. The molecule has 0 saturated carbocycles. The number of benzene rings is 2. The minimum atomic E-state index is -0.209. The van der Waals surface area contributed by atoms with Crippen LogP contribution in [0.5, 0.6) is 5.75 Å². The van der Waals surface area contributed by atoms with Gasteiger partial charge in [-0.1, -0.05) is 35.3 Å². The Morgan fingerprint density at radius 3 is 2.48 bits per heavy atom. The molecule has 4 rings (SSSR count). The fourth-order valence-corrected chi connectivity index (χ4v) is 4.75. The number of hydrogen-bond acceptors (Lipinski definition) is 5. The number of nitrogens with one attached hydrogen (secondary N) is 1. The summed E-state index contributed by atoms with van der Waals surface area (Å²) in [4.78, 5) is 31.4. The Labute approximate surface area is 205 Å². The van der Waals surface area contributed by atoms with Gasteiger partial charge in [-0.25, -0.2) is 0 Å². The Morgan fingerprint density at radius 1 is 1.03 bits per heavy atom. The number of carbonyl (C=O) groups excluding carboxylic acids is 2. The van der Waals surface area contributed by atoms with Crippen LogP contribution in [0.25, 0.3) is 10.4 Å². The van der Waals surface area contributed by atoms with Crippen LogP contribution < -0.4 is 10.1 Å². The Kier molecular flexibility index (Phi) is 7.08. The highest BCUT2D eigenvalue weighted by Gasteiger charge is 2.21. The number of anilines is 1. The van der Waals surface area contributed by atoms with E-state index < -0.39 is 0 Å². The van der Waals surface area contributed by atoms with Gasteiger partial charge in [-0.2, -0.15) is 0 Å². The fraction of sp³-hybridized carbons (Fsp3) is 0.0800. The molecule has 0 aliphatic heterocycles. The minimum absolute atomic E-state index is 0.0917. The first kappa shape index (κ1) is 23.0. The third-order valence-corrected chi connectivity index (χ3v) is 6.56. The maximum absolute atomic E-state index is 13.3. The van der Waals surface area contributed by atoms with Gasteiger partial charge in [0.2, 0.25) is 11.7 Å². The molecule has 5 nitrogen and oxygen atoms in total. The van der Waals surface area contributed by atoms with Crippen molar-refractivity contribution in [3.63, 3.8) is 0 Å². The summed E-state index contributed by atoms with van der Waals surface area (Å²) in [6, 6.07) is 17.4. The molecule has 0 radical (unpaired) electrons. The van der Waals surface area contributed by atoms with E-state index in [9.17, 15) is 9.59 Å². The number of methoxy groups -OCH3 is 1. The Morgan fingerprint density at radius 2 is 1.79 bits per heavy atom. The number of hydrogen-bond donors (Lipinski definition) is 1. The molecule has 1 amide bonds.